The fourth-order valence-corrected chi connectivity index (χ4v) is 5.42. The molecule has 1 saturated heterocycles. The summed E-state index contributed by atoms with van der Waals surface area (Å²) in [6.07, 6.45) is 2.14. The lowest BCUT2D eigenvalue weighted by Crippen LogP contribution is -2.44. The number of hydrogen-bond donors (Lipinski definition) is 2. The number of carbonyl (C=O) groups excluding carboxylic acids is 1. The SMILES string of the molecule is CC(N)C1CCCN(C(=O)c2cc3sc(Nc4ccccc4)nc3s2)C1. The van der Waals surface area contributed by atoms with E-state index in [0.29, 0.717) is 5.92 Å². The highest BCUT2D eigenvalue weighted by molar-refractivity contribution is 7.29. The molecule has 4 rings (SSSR count). The van der Waals surface area contributed by atoms with Crippen molar-refractivity contribution in [2.45, 2.75) is 25.8 Å². The number of fused-ring (bicyclic) bond motifs is 1. The van der Waals surface area contributed by atoms with Gasteiger partial charge in [-0.05, 0) is 43.9 Å². The normalized spacial score (nSPS) is 18.8. The van der Waals surface area contributed by atoms with Gasteiger partial charge in [0.1, 0.15) is 4.83 Å². The molecular formula is C19H22N4OS2. The van der Waals surface area contributed by atoms with Crippen molar-refractivity contribution in [2.24, 2.45) is 11.7 Å². The van der Waals surface area contributed by atoms with Gasteiger partial charge in [-0.2, -0.15) is 0 Å². The van der Waals surface area contributed by atoms with Crippen molar-refractivity contribution in [2.75, 3.05) is 18.4 Å². The molecule has 5 nitrogen and oxygen atoms in total. The first kappa shape index (κ1) is 17.5. The number of benzene rings is 1. The Morgan fingerprint density at radius 1 is 1.35 bits per heavy atom. The quantitative estimate of drug-likeness (QED) is 0.701. The summed E-state index contributed by atoms with van der Waals surface area (Å²) in [6, 6.07) is 12.1. The van der Waals surface area contributed by atoms with Crippen LogP contribution in [0, 0.1) is 5.92 Å². The number of para-hydroxylation sites is 1. The molecule has 1 amide bonds. The van der Waals surface area contributed by atoms with Crippen molar-refractivity contribution >= 4 is 48.9 Å². The number of nitrogens with zero attached hydrogens (tertiary/aromatic N) is 2. The van der Waals surface area contributed by atoms with Crippen LogP contribution in [0.3, 0.4) is 0 Å². The minimum Gasteiger partial charge on any atom is -0.338 e. The summed E-state index contributed by atoms with van der Waals surface area (Å²) in [5.74, 6) is 0.511. The molecular weight excluding hydrogens is 364 g/mol. The molecule has 136 valence electrons. The zero-order valence-electron chi connectivity index (χ0n) is 14.6. The van der Waals surface area contributed by atoms with Crippen LogP contribution in [-0.4, -0.2) is 34.9 Å². The number of anilines is 2. The standard InChI is InChI=1S/C19H22N4OS2/c1-12(20)13-6-5-9-23(11-13)18(24)16-10-15-17(25-16)22-19(26-15)21-14-7-3-2-4-8-14/h2-4,7-8,10,12-13H,5-6,9,11,20H2,1H3,(H,21,22). The van der Waals surface area contributed by atoms with E-state index in [1.165, 1.54) is 11.3 Å². The van der Waals surface area contributed by atoms with Crippen molar-refractivity contribution in [1.82, 2.24) is 9.88 Å². The molecule has 3 heterocycles. The van der Waals surface area contributed by atoms with Gasteiger partial charge in [0.15, 0.2) is 5.13 Å². The van der Waals surface area contributed by atoms with Crippen LogP contribution in [0.2, 0.25) is 0 Å². The van der Waals surface area contributed by atoms with Crippen molar-refractivity contribution < 1.29 is 4.79 Å². The largest absolute Gasteiger partial charge is 0.338 e. The lowest BCUT2D eigenvalue weighted by atomic mass is 9.92. The molecule has 2 atom stereocenters. The molecule has 1 aliphatic rings. The summed E-state index contributed by atoms with van der Waals surface area (Å²) in [7, 11) is 0. The van der Waals surface area contributed by atoms with Crippen LogP contribution in [0.15, 0.2) is 36.4 Å². The first-order valence-corrected chi connectivity index (χ1v) is 10.5. The molecule has 1 fully saturated rings. The van der Waals surface area contributed by atoms with Crippen molar-refractivity contribution in [3.63, 3.8) is 0 Å². The zero-order valence-corrected chi connectivity index (χ0v) is 16.3. The molecule has 2 aromatic heterocycles. The lowest BCUT2D eigenvalue weighted by molar-refractivity contribution is 0.0666. The second kappa shape index (κ2) is 7.34. The highest BCUT2D eigenvalue weighted by Gasteiger charge is 2.27. The Kier molecular flexibility index (Phi) is 4.93. The third-order valence-electron chi connectivity index (χ3n) is 4.81. The summed E-state index contributed by atoms with van der Waals surface area (Å²) in [5, 5.41) is 4.17. The maximum absolute atomic E-state index is 12.9. The van der Waals surface area contributed by atoms with Gasteiger partial charge in [-0.15, -0.1) is 11.3 Å². The average Bonchev–Trinajstić information content (AvgIpc) is 3.20. The number of rotatable bonds is 4. The second-order valence-electron chi connectivity index (χ2n) is 6.80. The minimum atomic E-state index is 0.114. The molecule has 3 aromatic rings. The lowest BCUT2D eigenvalue weighted by Gasteiger charge is -2.34. The predicted molar refractivity (Wildman–Crippen MR) is 109 cm³/mol. The number of thiazole rings is 1. The van der Waals surface area contributed by atoms with Crippen LogP contribution in [0.5, 0.6) is 0 Å². The number of aromatic nitrogens is 1. The zero-order chi connectivity index (χ0) is 18.1. The molecule has 1 aliphatic heterocycles. The van der Waals surface area contributed by atoms with E-state index in [9.17, 15) is 4.79 Å². The van der Waals surface area contributed by atoms with Gasteiger partial charge in [-0.3, -0.25) is 4.79 Å². The number of amides is 1. The molecule has 0 spiro atoms. The highest BCUT2D eigenvalue weighted by atomic mass is 32.1. The Labute approximate surface area is 160 Å². The fourth-order valence-electron chi connectivity index (χ4n) is 3.32. The minimum absolute atomic E-state index is 0.114. The molecule has 0 radical (unpaired) electrons. The van der Waals surface area contributed by atoms with E-state index in [2.05, 4.69) is 10.3 Å². The van der Waals surface area contributed by atoms with Gasteiger partial charge in [-0.25, -0.2) is 4.98 Å². The number of thiophene rings is 1. The fraction of sp³-hybridized carbons (Fsp3) is 0.368. The van der Waals surface area contributed by atoms with Crippen LogP contribution >= 0.6 is 22.7 Å². The molecule has 1 aromatic carbocycles. The van der Waals surface area contributed by atoms with E-state index in [1.54, 1.807) is 11.3 Å². The Hall–Kier alpha value is -1.96. The highest BCUT2D eigenvalue weighted by Crippen LogP contribution is 2.35. The molecule has 2 unspecified atom stereocenters. The summed E-state index contributed by atoms with van der Waals surface area (Å²) < 4.78 is 1.05. The Bertz CT molecular complexity index is 871. The van der Waals surface area contributed by atoms with Crippen molar-refractivity contribution in [3.8, 4) is 0 Å². The van der Waals surface area contributed by atoms with Gasteiger partial charge in [0, 0.05) is 24.8 Å². The van der Waals surface area contributed by atoms with Crippen molar-refractivity contribution in [3.05, 3.63) is 41.3 Å². The monoisotopic (exact) mass is 386 g/mol. The summed E-state index contributed by atoms with van der Waals surface area (Å²) in [4.78, 5) is 21.1. The number of likely N-dealkylation sites (tertiary alicyclic amines) is 1. The van der Waals surface area contributed by atoms with Crippen LogP contribution in [0.25, 0.3) is 9.53 Å². The topological polar surface area (TPSA) is 71.2 Å². The number of hydrogen-bond acceptors (Lipinski definition) is 6. The summed E-state index contributed by atoms with van der Waals surface area (Å²) >= 11 is 3.06. The first-order chi connectivity index (χ1) is 12.6. The van der Waals surface area contributed by atoms with Gasteiger partial charge in [-0.1, -0.05) is 29.5 Å². The summed E-state index contributed by atoms with van der Waals surface area (Å²) in [6.45, 7) is 3.61. The van der Waals surface area contributed by atoms with E-state index >= 15 is 0 Å². The van der Waals surface area contributed by atoms with E-state index in [4.69, 9.17) is 5.73 Å². The molecule has 26 heavy (non-hydrogen) atoms. The van der Waals surface area contributed by atoms with E-state index in [-0.39, 0.29) is 11.9 Å². The number of nitrogens with one attached hydrogen (secondary N) is 1. The smallest absolute Gasteiger partial charge is 0.264 e. The Morgan fingerprint density at radius 3 is 2.88 bits per heavy atom. The number of nitrogens with two attached hydrogens (primary N) is 1. The summed E-state index contributed by atoms with van der Waals surface area (Å²) in [5.41, 5.74) is 7.06. The Balaban J connectivity index is 1.49. The van der Waals surface area contributed by atoms with Crippen LogP contribution in [-0.2, 0) is 0 Å². The van der Waals surface area contributed by atoms with Gasteiger partial charge in [0.05, 0.1) is 9.58 Å². The van der Waals surface area contributed by atoms with E-state index in [0.717, 1.165) is 51.2 Å². The van der Waals surface area contributed by atoms with Gasteiger partial charge >= 0.3 is 0 Å². The second-order valence-corrected chi connectivity index (χ2v) is 8.86. The van der Waals surface area contributed by atoms with Crippen LogP contribution in [0.4, 0.5) is 10.8 Å². The number of piperidine rings is 1. The third-order valence-corrected chi connectivity index (χ3v) is 6.88. The van der Waals surface area contributed by atoms with Crippen LogP contribution < -0.4 is 11.1 Å². The Morgan fingerprint density at radius 2 is 2.15 bits per heavy atom. The first-order valence-electron chi connectivity index (χ1n) is 8.87. The molecule has 7 heteroatoms. The average molecular weight is 387 g/mol. The van der Waals surface area contributed by atoms with Gasteiger partial charge < -0.3 is 16.0 Å². The van der Waals surface area contributed by atoms with Gasteiger partial charge in [0.2, 0.25) is 0 Å². The number of carbonyl (C=O) groups is 1. The van der Waals surface area contributed by atoms with E-state index in [1.807, 2.05) is 48.2 Å². The maximum Gasteiger partial charge on any atom is 0.264 e. The molecule has 3 N–H and O–H groups in total. The third kappa shape index (κ3) is 3.60. The van der Waals surface area contributed by atoms with Gasteiger partial charge in [0.25, 0.3) is 5.91 Å². The predicted octanol–water partition coefficient (Wildman–Crippen LogP) is 4.30. The molecule has 0 saturated carbocycles. The van der Waals surface area contributed by atoms with Crippen LogP contribution in [0.1, 0.15) is 29.4 Å². The molecule has 0 aliphatic carbocycles. The maximum atomic E-state index is 12.9. The van der Waals surface area contributed by atoms with Crippen molar-refractivity contribution in [1.29, 1.82) is 0 Å². The van der Waals surface area contributed by atoms with E-state index < -0.39 is 0 Å². The molecule has 0 bridgehead atoms.